The van der Waals surface area contributed by atoms with Crippen molar-refractivity contribution in [2.45, 2.75) is 32.7 Å². The van der Waals surface area contributed by atoms with Crippen LogP contribution in [0.15, 0.2) is 11.6 Å². The zero-order valence-corrected chi connectivity index (χ0v) is 14.4. The molecule has 2 fully saturated rings. The molecule has 0 aliphatic carbocycles. The number of nitrogens with zero attached hydrogens (tertiary/aromatic N) is 4. The van der Waals surface area contributed by atoms with E-state index in [9.17, 15) is 4.79 Å². The number of piperazine rings is 1. The maximum atomic E-state index is 12.7. The zero-order valence-electron chi connectivity index (χ0n) is 13.6. The predicted octanol–water partition coefficient (Wildman–Crippen LogP) is 1.91. The molecule has 0 aromatic carbocycles. The number of hydrogen-bond acceptors (Lipinski definition) is 5. The maximum absolute atomic E-state index is 12.7. The van der Waals surface area contributed by atoms with Gasteiger partial charge >= 0.3 is 0 Å². The van der Waals surface area contributed by atoms with Gasteiger partial charge in [0.05, 0.1) is 6.04 Å². The first-order chi connectivity index (χ1) is 10.6. The first kappa shape index (κ1) is 15.7. The lowest BCUT2D eigenvalue weighted by Gasteiger charge is -2.40. The lowest BCUT2D eigenvalue weighted by atomic mass is 9.98. The van der Waals surface area contributed by atoms with E-state index in [1.165, 1.54) is 0 Å². The van der Waals surface area contributed by atoms with Gasteiger partial charge in [0.15, 0.2) is 5.13 Å². The molecule has 0 saturated carbocycles. The van der Waals surface area contributed by atoms with E-state index in [1.54, 1.807) is 11.3 Å². The number of carbonyl (C=O) groups is 1. The Hall–Kier alpha value is -1.14. The molecule has 122 valence electrons. The normalized spacial score (nSPS) is 22.8. The average Bonchev–Trinajstić information content (AvgIpc) is 3.09. The highest BCUT2D eigenvalue weighted by atomic mass is 32.1. The van der Waals surface area contributed by atoms with Crippen LogP contribution in [0.5, 0.6) is 0 Å². The number of likely N-dealkylation sites (tertiary alicyclic amines) is 1. The van der Waals surface area contributed by atoms with Crippen molar-refractivity contribution in [3.05, 3.63) is 11.6 Å². The van der Waals surface area contributed by atoms with Gasteiger partial charge in [-0.05, 0) is 25.7 Å². The number of hydrogen-bond donors (Lipinski definition) is 0. The van der Waals surface area contributed by atoms with Crippen molar-refractivity contribution in [2.24, 2.45) is 5.92 Å². The van der Waals surface area contributed by atoms with Crippen molar-refractivity contribution >= 4 is 22.4 Å². The summed E-state index contributed by atoms with van der Waals surface area (Å²) in [6.07, 6.45) is 4.16. The van der Waals surface area contributed by atoms with Gasteiger partial charge in [0, 0.05) is 50.8 Å². The summed E-state index contributed by atoms with van der Waals surface area (Å²) < 4.78 is 0. The van der Waals surface area contributed by atoms with Crippen LogP contribution in [-0.4, -0.2) is 66.0 Å². The highest BCUT2D eigenvalue weighted by molar-refractivity contribution is 7.13. The number of rotatable bonds is 3. The number of amides is 1. The van der Waals surface area contributed by atoms with Gasteiger partial charge in [0.1, 0.15) is 0 Å². The summed E-state index contributed by atoms with van der Waals surface area (Å²) in [6.45, 7) is 10.0. The average molecular weight is 322 g/mol. The first-order valence-electron chi connectivity index (χ1n) is 8.32. The largest absolute Gasteiger partial charge is 0.346 e. The minimum Gasteiger partial charge on any atom is -0.346 e. The van der Waals surface area contributed by atoms with Gasteiger partial charge in [-0.15, -0.1) is 11.3 Å². The molecule has 0 spiro atoms. The fourth-order valence-electron chi connectivity index (χ4n) is 3.32. The Morgan fingerprint density at radius 2 is 1.91 bits per heavy atom. The van der Waals surface area contributed by atoms with E-state index < -0.39 is 0 Å². The maximum Gasteiger partial charge on any atom is 0.239 e. The second-order valence-corrected chi connectivity index (χ2v) is 7.39. The molecular formula is C16H26N4OS. The quantitative estimate of drug-likeness (QED) is 0.852. The van der Waals surface area contributed by atoms with Gasteiger partial charge in [-0.25, -0.2) is 4.98 Å². The van der Waals surface area contributed by atoms with Crippen LogP contribution in [0.1, 0.15) is 26.7 Å². The van der Waals surface area contributed by atoms with Crippen molar-refractivity contribution in [3.8, 4) is 0 Å². The van der Waals surface area contributed by atoms with Gasteiger partial charge in [-0.1, -0.05) is 6.92 Å². The fraction of sp³-hybridized carbons (Fsp3) is 0.750. The summed E-state index contributed by atoms with van der Waals surface area (Å²) in [5, 5.41) is 3.12. The molecule has 0 radical (unpaired) electrons. The summed E-state index contributed by atoms with van der Waals surface area (Å²) >= 11 is 1.69. The van der Waals surface area contributed by atoms with Crippen molar-refractivity contribution < 1.29 is 4.79 Å². The first-order valence-corrected chi connectivity index (χ1v) is 9.20. The Morgan fingerprint density at radius 3 is 2.50 bits per heavy atom. The molecule has 2 aliphatic heterocycles. The van der Waals surface area contributed by atoms with Gasteiger partial charge < -0.3 is 9.80 Å². The molecule has 1 atom stereocenters. The second-order valence-electron chi connectivity index (χ2n) is 6.52. The topological polar surface area (TPSA) is 39.7 Å². The molecule has 1 aromatic rings. The molecule has 0 N–H and O–H groups in total. The van der Waals surface area contributed by atoms with Crippen LogP contribution in [0, 0.1) is 5.92 Å². The molecule has 1 unspecified atom stereocenters. The van der Waals surface area contributed by atoms with Gasteiger partial charge in [0.2, 0.25) is 5.91 Å². The van der Waals surface area contributed by atoms with Gasteiger partial charge in [0.25, 0.3) is 0 Å². The van der Waals surface area contributed by atoms with Gasteiger partial charge in [-0.3, -0.25) is 9.69 Å². The lowest BCUT2D eigenvalue weighted by Crippen LogP contribution is -2.55. The van der Waals surface area contributed by atoms with Crippen molar-refractivity contribution in [1.29, 1.82) is 0 Å². The fourth-order valence-corrected chi connectivity index (χ4v) is 4.02. The number of piperidine rings is 1. The molecule has 3 rings (SSSR count). The van der Waals surface area contributed by atoms with E-state index >= 15 is 0 Å². The molecule has 5 nitrogen and oxygen atoms in total. The highest BCUT2D eigenvalue weighted by Gasteiger charge is 2.30. The van der Waals surface area contributed by atoms with Crippen LogP contribution in [0.2, 0.25) is 0 Å². The van der Waals surface area contributed by atoms with Gasteiger partial charge in [-0.2, -0.15) is 0 Å². The van der Waals surface area contributed by atoms with Crippen molar-refractivity contribution in [2.75, 3.05) is 44.2 Å². The Labute approximate surface area is 136 Å². The summed E-state index contributed by atoms with van der Waals surface area (Å²) in [4.78, 5) is 23.8. The third kappa shape index (κ3) is 3.43. The van der Waals surface area contributed by atoms with Crippen LogP contribution in [0.4, 0.5) is 5.13 Å². The van der Waals surface area contributed by atoms with E-state index in [-0.39, 0.29) is 6.04 Å². The molecular weight excluding hydrogens is 296 g/mol. The molecule has 6 heteroatoms. The molecule has 1 aromatic heterocycles. The van der Waals surface area contributed by atoms with E-state index in [0.717, 1.165) is 63.2 Å². The third-order valence-corrected chi connectivity index (χ3v) is 5.84. The lowest BCUT2D eigenvalue weighted by molar-refractivity contribution is -0.137. The number of anilines is 1. The van der Waals surface area contributed by atoms with E-state index in [0.29, 0.717) is 5.91 Å². The number of carbonyl (C=O) groups excluding carboxylic acids is 1. The van der Waals surface area contributed by atoms with E-state index in [2.05, 4.69) is 33.5 Å². The Kier molecular flexibility index (Phi) is 4.98. The van der Waals surface area contributed by atoms with Crippen molar-refractivity contribution in [1.82, 2.24) is 14.8 Å². The number of aromatic nitrogens is 1. The molecule has 2 aliphatic rings. The zero-order chi connectivity index (χ0) is 15.5. The summed E-state index contributed by atoms with van der Waals surface area (Å²) in [5.41, 5.74) is 0. The second kappa shape index (κ2) is 6.96. The molecule has 3 heterocycles. The monoisotopic (exact) mass is 322 g/mol. The Balaban J connectivity index is 1.51. The standard InChI is InChI=1S/C16H26N4OS/c1-13-3-6-19(7-4-13)15(21)14(2)18-8-10-20(11-9-18)16-17-5-12-22-16/h5,12-14H,3-4,6-11H2,1-2H3. The van der Waals surface area contributed by atoms with E-state index in [4.69, 9.17) is 0 Å². The smallest absolute Gasteiger partial charge is 0.239 e. The molecule has 22 heavy (non-hydrogen) atoms. The minimum atomic E-state index is 0.00634. The minimum absolute atomic E-state index is 0.00634. The summed E-state index contributed by atoms with van der Waals surface area (Å²) in [7, 11) is 0. The molecule has 0 bridgehead atoms. The van der Waals surface area contributed by atoms with Crippen LogP contribution >= 0.6 is 11.3 Å². The van der Waals surface area contributed by atoms with Crippen LogP contribution in [0.3, 0.4) is 0 Å². The van der Waals surface area contributed by atoms with Crippen LogP contribution in [-0.2, 0) is 4.79 Å². The van der Waals surface area contributed by atoms with E-state index in [1.807, 2.05) is 11.6 Å². The molecule has 2 saturated heterocycles. The highest BCUT2D eigenvalue weighted by Crippen LogP contribution is 2.21. The SMILES string of the molecule is CC1CCN(C(=O)C(C)N2CCN(c3nccs3)CC2)CC1. The van der Waals surface area contributed by atoms with Crippen LogP contribution < -0.4 is 4.90 Å². The Bertz CT molecular complexity index is 476. The Morgan fingerprint density at radius 1 is 1.23 bits per heavy atom. The third-order valence-electron chi connectivity index (χ3n) is 5.00. The summed E-state index contributed by atoms with van der Waals surface area (Å²) in [6, 6.07) is 0.00634. The van der Waals surface area contributed by atoms with Crippen molar-refractivity contribution in [3.63, 3.8) is 0 Å². The number of thiazole rings is 1. The predicted molar refractivity (Wildman–Crippen MR) is 90.3 cm³/mol. The van der Waals surface area contributed by atoms with Crippen LogP contribution in [0.25, 0.3) is 0 Å². The summed E-state index contributed by atoms with van der Waals surface area (Å²) in [5.74, 6) is 1.08. The molecule has 1 amide bonds.